The second-order valence-corrected chi connectivity index (χ2v) is 2.71. The predicted octanol–water partition coefficient (Wildman–Crippen LogP) is -2.19. The maximum absolute atomic E-state index is 9.23. The van der Waals surface area contributed by atoms with E-state index >= 15 is 0 Å². The van der Waals surface area contributed by atoms with Crippen LogP contribution < -0.4 is 0 Å². The Morgan fingerprint density at radius 3 is 2.36 bits per heavy atom. The molecule has 0 bridgehead atoms. The molecule has 3 unspecified atom stereocenters. The number of aliphatic hydroxyl groups is 4. The molecule has 5 nitrogen and oxygen atoms in total. The minimum Gasteiger partial charge on any atom is -0.394 e. The molecule has 66 valence electrons. The normalized spacial score (nSPS) is 44.7. The van der Waals surface area contributed by atoms with Crippen LogP contribution in [0.4, 0.5) is 0 Å². The maximum Gasteiger partial charge on any atom is 0.192 e. The Kier molecular flexibility index (Phi) is 2.46. The molecule has 0 spiro atoms. The molecule has 1 rings (SSSR count). The Morgan fingerprint density at radius 2 is 2.09 bits per heavy atom. The summed E-state index contributed by atoms with van der Waals surface area (Å²) in [7, 11) is 0. The van der Waals surface area contributed by atoms with Crippen LogP contribution >= 0.6 is 0 Å². The summed E-state index contributed by atoms with van der Waals surface area (Å²) in [5.74, 6) is -1.67. The third kappa shape index (κ3) is 1.69. The van der Waals surface area contributed by atoms with Gasteiger partial charge in [-0.1, -0.05) is 0 Å². The highest BCUT2D eigenvalue weighted by Crippen LogP contribution is 2.27. The highest BCUT2D eigenvalue weighted by molar-refractivity contribution is 4.85. The topological polar surface area (TPSA) is 90.2 Å². The SMILES string of the molecule is OCC1OC(O)(CO)CC1O. The van der Waals surface area contributed by atoms with Gasteiger partial charge in [0.2, 0.25) is 0 Å². The minimum atomic E-state index is -1.67. The fraction of sp³-hybridized carbons (Fsp3) is 1.00. The molecular weight excluding hydrogens is 152 g/mol. The largest absolute Gasteiger partial charge is 0.394 e. The summed E-state index contributed by atoms with van der Waals surface area (Å²) < 4.78 is 4.77. The van der Waals surface area contributed by atoms with Crippen LogP contribution in [0.25, 0.3) is 0 Å². The van der Waals surface area contributed by atoms with Gasteiger partial charge in [-0.05, 0) is 0 Å². The molecule has 4 N–H and O–H groups in total. The fourth-order valence-electron chi connectivity index (χ4n) is 1.13. The Morgan fingerprint density at radius 1 is 1.45 bits per heavy atom. The quantitative estimate of drug-likeness (QED) is 0.372. The Hall–Kier alpha value is -0.200. The smallest absolute Gasteiger partial charge is 0.192 e. The predicted molar refractivity (Wildman–Crippen MR) is 34.6 cm³/mol. The highest BCUT2D eigenvalue weighted by atomic mass is 16.7. The molecule has 0 aromatic rings. The van der Waals surface area contributed by atoms with Crippen LogP contribution in [-0.2, 0) is 4.74 Å². The Balaban J connectivity index is 2.55. The average molecular weight is 164 g/mol. The van der Waals surface area contributed by atoms with Gasteiger partial charge < -0.3 is 25.2 Å². The van der Waals surface area contributed by atoms with Crippen molar-refractivity contribution in [3.63, 3.8) is 0 Å². The number of hydrogen-bond donors (Lipinski definition) is 4. The first-order chi connectivity index (χ1) is 5.11. The molecule has 11 heavy (non-hydrogen) atoms. The summed E-state index contributed by atoms with van der Waals surface area (Å²) in [4.78, 5) is 0. The highest BCUT2D eigenvalue weighted by Gasteiger charge is 2.43. The van der Waals surface area contributed by atoms with Gasteiger partial charge in [0, 0.05) is 6.42 Å². The van der Waals surface area contributed by atoms with Crippen molar-refractivity contribution in [1.29, 1.82) is 0 Å². The lowest BCUT2D eigenvalue weighted by Gasteiger charge is -2.18. The number of aliphatic hydroxyl groups excluding tert-OH is 3. The van der Waals surface area contributed by atoms with Crippen molar-refractivity contribution < 1.29 is 25.2 Å². The van der Waals surface area contributed by atoms with Crippen LogP contribution in [0.5, 0.6) is 0 Å². The van der Waals surface area contributed by atoms with E-state index in [1.165, 1.54) is 0 Å². The average Bonchev–Trinajstić information content (AvgIpc) is 2.27. The second kappa shape index (κ2) is 3.04. The van der Waals surface area contributed by atoms with Crippen molar-refractivity contribution in [2.45, 2.75) is 24.4 Å². The second-order valence-electron chi connectivity index (χ2n) is 2.71. The lowest BCUT2D eigenvalue weighted by Crippen LogP contribution is -2.33. The minimum absolute atomic E-state index is 0.0608. The van der Waals surface area contributed by atoms with Crippen molar-refractivity contribution >= 4 is 0 Å². The lowest BCUT2D eigenvalue weighted by atomic mass is 10.1. The third-order valence-corrected chi connectivity index (χ3v) is 1.76. The molecule has 1 aliphatic heterocycles. The molecule has 3 atom stereocenters. The standard InChI is InChI=1S/C6H12O5/c7-2-5-4(9)1-6(10,3-8)11-5/h4-5,7-10H,1-3H2. The molecule has 1 aliphatic rings. The summed E-state index contributed by atoms with van der Waals surface area (Å²) in [5, 5.41) is 35.5. The zero-order chi connectivity index (χ0) is 8.48. The molecule has 0 aliphatic carbocycles. The van der Waals surface area contributed by atoms with E-state index in [0.29, 0.717) is 0 Å². The zero-order valence-electron chi connectivity index (χ0n) is 5.97. The first kappa shape index (κ1) is 8.89. The van der Waals surface area contributed by atoms with E-state index in [4.69, 9.17) is 20.1 Å². The van der Waals surface area contributed by atoms with Crippen molar-refractivity contribution in [3.8, 4) is 0 Å². The van der Waals surface area contributed by atoms with E-state index in [0.717, 1.165) is 0 Å². The van der Waals surface area contributed by atoms with Crippen molar-refractivity contribution in [3.05, 3.63) is 0 Å². The van der Waals surface area contributed by atoms with Crippen LogP contribution in [0.15, 0.2) is 0 Å². The number of hydrogen-bond acceptors (Lipinski definition) is 5. The van der Waals surface area contributed by atoms with Gasteiger partial charge in [0.25, 0.3) is 0 Å². The van der Waals surface area contributed by atoms with Gasteiger partial charge in [-0.25, -0.2) is 0 Å². The Labute approximate surface area is 63.8 Å². The summed E-state index contributed by atoms with van der Waals surface area (Å²) in [6.45, 7) is -0.927. The molecule has 0 aromatic heterocycles. The van der Waals surface area contributed by atoms with Gasteiger partial charge in [0.15, 0.2) is 5.79 Å². The number of rotatable bonds is 2. The van der Waals surface area contributed by atoms with Crippen LogP contribution in [0.1, 0.15) is 6.42 Å². The summed E-state index contributed by atoms with van der Waals surface area (Å²) >= 11 is 0. The van der Waals surface area contributed by atoms with Crippen molar-refractivity contribution in [2.75, 3.05) is 13.2 Å². The summed E-state index contributed by atoms with van der Waals surface area (Å²) in [6, 6.07) is 0. The summed E-state index contributed by atoms with van der Waals surface area (Å²) in [5.41, 5.74) is 0. The van der Waals surface area contributed by atoms with Gasteiger partial charge >= 0.3 is 0 Å². The van der Waals surface area contributed by atoms with E-state index in [-0.39, 0.29) is 13.0 Å². The summed E-state index contributed by atoms with van der Waals surface area (Å²) in [6.07, 6.45) is -1.75. The van der Waals surface area contributed by atoms with E-state index in [1.807, 2.05) is 0 Å². The first-order valence-electron chi connectivity index (χ1n) is 3.41. The van der Waals surface area contributed by atoms with Crippen LogP contribution in [-0.4, -0.2) is 51.6 Å². The molecule has 0 saturated carbocycles. The zero-order valence-corrected chi connectivity index (χ0v) is 5.97. The van der Waals surface area contributed by atoms with Gasteiger partial charge in [0.05, 0.1) is 19.3 Å². The third-order valence-electron chi connectivity index (χ3n) is 1.76. The van der Waals surface area contributed by atoms with Crippen LogP contribution in [0.3, 0.4) is 0 Å². The Bertz CT molecular complexity index is 139. The molecule has 1 saturated heterocycles. The molecule has 0 aromatic carbocycles. The number of ether oxygens (including phenoxy) is 1. The van der Waals surface area contributed by atoms with E-state index in [9.17, 15) is 5.11 Å². The monoisotopic (exact) mass is 164 g/mol. The van der Waals surface area contributed by atoms with Crippen molar-refractivity contribution in [2.24, 2.45) is 0 Å². The molecule has 5 heteroatoms. The van der Waals surface area contributed by atoms with E-state index < -0.39 is 24.6 Å². The van der Waals surface area contributed by atoms with E-state index in [2.05, 4.69) is 0 Å². The van der Waals surface area contributed by atoms with E-state index in [1.54, 1.807) is 0 Å². The molecule has 0 amide bonds. The fourth-order valence-corrected chi connectivity index (χ4v) is 1.13. The van der Waals surface area contributed by atoms with Crippen LogP contribution in [0, 0.1) is 0 Å². The van der Waals surface area contributed by atoms with Gasteiger partial charge in [-0.3, -0.25) is 0 Å². The maximum atomic E-state index is 9.23. The molecule has 1 fully saturated rings. The van der Waals surface area contributed by atoms with Gasteiger partial charge in [0.1, 0.15) is 6.10 Å². The molecule has 1 heterocycles. The lowest BCUT2D eigenvalue weighted by molar-refractivity contribution is -0.217. The van der Waals surface area contributed by atoms with Gasteiger partial charge in [-0.2, -0.15) is 0 Å². The van der Waals surface area contributed by atoms with Crippen LogP contribution in [0.2, 0.25) is 0 Å². The first-order valence-corrected chi connectivity index (χ1v) is 3.41. The van der Waals surface area contributed by atoms with Crippen molar-refractivity contribution in [1.82, 2.24) is 0 Å². The van der Waals surface area contributed by atoms with Gasteiger partial charge in [-0.15, -0.1) is 0 Å². The molecular formula is C6H12O5. The molecule has 0 radical (unpaired) electrons.